The predicted octanol–water partition coefficient (Wildman–Crippen LogP) is 0.704. The van der Waals surface area contributed by atoms with Crippen LogP contribution in [0.1, 0.15) is 16.8 Å². The molecule has 0 radical (unpaired) electrons. The lowest BCUT2D eigenvalue weighted by Crippen LogP contribution is -2.20. The molecule has 1 heterocycles. The largest absolute Gasteiger partial charge is 0.302 e. The summed E-state index contributed by atoms with van der Waals surface area (Å²) in [5.41, 5.74) is 4.73. The van der Waals surface area contributed by atoms with Crippen molar-refractivity contribution in [3.8, 4) is 0 Å². The minimum absolute atomic E-state index is 0.0734. The maximum Gasteiger partial charge on any atom is 0.264 e. The zero-order valence-corrected chi connectivity index (χ0v) is 10.4. The van der Waals surface area contributed by atoms with E-state index in [1.807, 2.05) is 31.2 Å². The Balaban J connectivity index is 1.86. The van der Waals surface area contributed by atoms with Crippen LogP contribution in [0.2, 0.25) is 0 Å². The van der Waals surface area contributed by atoms with Crippen molar-refractivity contribution in [2.24, 2.45) is 5.10 Å². The molecule has 6 nitrogen and oxygen atoms in total. The van der Waals surface area contributed by atoms with E-state index in [0.29, 0.717) is 5.69 Å². The van der Waals surface area contributed by atoms with Crippen LogP contribution in [0.25, 0.3) is 0 Å². The summed E-state index contributed by atoms with van der Waals surface area (Å²) in [6, 6.07) is 9.09. The molecule has 0 unspecified atom stereocenters. The zero-order chi connectivity index (χ0) is 13.7. The molecule has 0 spiro atoms. The number of hydrazone groups is 1. The number of hydrogen-bond acceptors (Lipinski definition) is 3. The summed E-state index contributed by atoms with van der Waals surface area (Å²) in [4.78, 5) is 22.4. The van der Waals surface area contributed by atoms with Gasteiger partial charge >= 0.3 is 0 Å². The van der Waals surface area contributed by atoms with Gasteiger partial charge in [-0.1, -0.05) is 29.8 Å². The third-order valence-electron chi connectivity index (χ3n) is 2.48. The van der Waals surface area contributed by atoms with E-state index in [1.165, 1.54) is 6.07 Å². The van der Waals surface area contributed by atoms with Gasteiger partial charge in [0.1, 0.15) is 0 Å². The Bertz CT molecular complexity index is 637. The maximum absolute atomic E-state index is 11.5. The van der Waals surface area contributed by atoms with Crippen LogP contribution in [0.15, 0.2) is 40.2 Å². The molecule has 0 aliphatic carbocycles. The van der Waals surface area contributed by atoms with E-state index in [1.54, 1.807) is 6.21 Å². The summed E-state index contributed by atoms with van der Waals surface area (Å²) >= 11 is 0. The lowest BCUT2D eigenvalue weighted by Gasteiger charge is -1.97. The number of H-pyrrole nitrogens is 2. The van der Waals surface area contributed by atoms with Crippen molar-refractivity contribution in [1.82, 2.24) is 15.6 Å². The second kappa shape index (κ2) is 5.81. The van der Waals surface area contributed by atoms with Crippen molar-refractivity contribution >= 4 is 12.1 Å². The zero-order valence-electron chi connectivity index (χ0n) is 10.4. The van der Waals surface area contributed by atoms with Gasteiger partial charge in [-0.15, -0.1) is 0 Å². The van der Waals surface area contributed by atoms with Crippen LogP contribution in [0.5, 0.6) is 0 Å². The van der Waals surface area contributed by atoms with Gasteiger partial charge in [-0.3, -0.25) is 14.7 Å². The van der Waals surface area contributed by atoms with E-state index in [-0.39, 0.29) is 17.9 Å². The minimum atomic E-state index is -0.293. The van der Waals surface area contributed by atoms with Gasteiger partial charge in [-0.2, -0.15) is 5.10 Å². The number of amides is 1. The van der Waals surface area contributed by atoms with Gasteiger partial charge in [-0.05, 0) is 12.5 Å². The summed E-state index contributed by atoms with van der Waals surface area (Å²) in [6.07, 6.45) is 1.64. The Labute approximate surface area is 109 Å². The van der Waals surface area contributed by atoms with Gasteiger partial charge < -0.3 is 5.10 Å². The molecule has 19 heavy (non-hydrogen) atoms. The van der Waals surface area contributed by atoms with E-state index in [0.717, 1.165) is 11.1 Å². The minimum Gasteiger partial charge on any atom is -0.302 e. The Morgan fingerprint density at radius 3 is 2.68 bits per heavy atom. The van der Waals surface area contributed by atoms with Crippen molar-refractivity contribution in [2.75, 3.05) is 0 Å². The molecule has 0 aliphatic rings. The van der Waals surface area contributed by atoms with Crippen LogP contribution in [-0.2, 0) is 11.2 Å². The molecule has 1 amide bonds. The fourth-order valence-corrected chi connectivity index (χ4v) is 1.51. The highest BCUT2D eigenvalue weighted by Gasteiger charge is 2.03. The van der Waals surface area contributed by atoms with Gasteiger partial charge in [0.05, 0.1) is 12.6 Å². The monoisotopic (exact) mass is 258 g/mol. The molecule has 1 aromatic heterocycles. The molecular formula is C13H14N4O2. The van der Waals surface area contributed by atoms with Crippen LogP contribution in [0, 0.1) is 6.92 Å². The Kier molecular flexibility index (Phi) is 3.92. The smallest absolute Gasteiger partial charge is 0.264 e. The standard InChI is InChI=1S/C13H14N4O2/c1-9-2-4-10(5-3-9)8-14-16-12(18)6-11-7-13(19)17-15-11/h2-5,7-8H,6H2,1H3,(H,16,18)(H2,15,17,19)/b14-8-. The fourth-order valence-electron chi connectivity index (χ4n) is 1.51. The summed E-state index contributed by atoms with van der Waals surface area (Å²) in [7, 11) is 0. The normalized spacial score (nSPS) is 10.8. The van der Waals surface area contributed by atoms with E-state index < -0.39 is 0 Å². The first-order valence-corrected chi connectivity index (χ1v) is 5.78. The molecule has 2 aromatic rings. The molecule has 6 heteroatoms. The first-order chi connectivity index (χ1) is 9.13. The van der Waals surface area contributed by atoms with E-state index in [4.69, 9.17) is 0 Å². The molecule has 0 bridgehead atoms. The molecule has 0 fully saturated rings. The SMILES string of the molecule is Cc1ccc(/C=N\NC(=O)Cc2cc(=O)[nH][nH]2)cc1. The molecule has 3 N–H and O–H groups in total. The van der Waals surface area contributed by atoms with Crippen molar-refractivity contribution < 1.29 is 4.79 Å². The van der Waals surface area contributed by atoms with E-state index in [9.17, 15) is 9.59 Å². The second-order valence-corrected chi connectivity index (χ2v) is 4.16. The van der Waals surface area contributed by atoms with Crippen molar-refractivity contribution in [3.05, 3.63) is 57.5 Å². The number of nitrogens with one attached hydrogen (secondary N) is 3. The predicted molar refractivity (Wildman–Crippen MR) is 72.0 cm³/mol. The molecule has 98 valence electrons. The van der Waals surface area contributed by atoms with Crippen LogP contribution in [0.3, 0.4) is 0 Å². The number of aromatic nitrogens is 2. The van der Waals surface area contributed by atoms with E-state index >= 15 is 0 Å². The van der Waals surface area contributed by atoms with Crippen LogP contribution in [-0.4, -0.2) is 22.3 Å². The summed E-state index contributed by atoms with van der Waals surface area (Å²) in [6.45, 7) is 2.00. The number of aryl methyl sites for hydroxylation is 1. The molecular weight excluding hydrogens is 244 g/mol. The molecule has 0 aliphatic heterocycles. The topological polar surface area (TPSA) is 90.1 Å². The van der Waals surface area contributed by atoms with Crippen molar-refractivity contribution in [1.29, 1.82) is 0 Å². The number of hydrogen-bond donors (Lipinski definition) is 3. The van der Waals surface area contributed by atoms with Gasteiger partial charge in [-0.25, -0.2) is 5.43 Å². The number of rotatable bonds is 4. The molecule has 0 saturated heterocycles. The second-order valence-electron chi connectivity index (χ2n) is 4.16. The Morgan fingerprint density at radius 2 is 2.05 bits per heavy atom. The third-order valence-corrected chi connectivity index (χ3v) is 2.48. The van der Waals surface area contributed by atoms with Gasteiger partial charge in [0.15, 0.2) is 0 Å². The average molecular weight is 258 g/mol. The number of carbonyl (C=O) groups excluding carboxylic acids is 1. The highest BCUT2D eigenvalue weighted by molar-refractivity contribution is 5.83. The molecule has 1 aromatic carbocycles. The Morgan fingerprint density at radius 1 is 1.32 bits per heavy atom. The first kappa shape index (κ1) is 12.8. The Hall–Kier alpha value is -2.63. The third kappa shape index (κ3) is 3.95. The number of nitrogens with zero attached hydrogens (tertiary/aromatic N) is 1. The number of benzene rings is 1. The van der Waals surface area contributed by atoms with Crippen molar-refractivity contribution in [2.45, 2.75) is 13.3 Å². The average Bonchev–Trinajstić information content (AvgIpc) is 2.77. The number of aromatic amines is 2. The van der Waals surface area contributed by atoms with Crippen LogP contribution < -0.4 is 11.0 Å². The number of carbonyl (C=O) groups is 1. The van der Waals surface area contributed by atoms with Gasteiger partial charge in [0, 0.05) is 11.8 Å². The highest BCUT2D eigenvalue weighted by atomic mass is 16.2. The fraction of sp³-hybridized carbons (Fsp3) is 0.154. The van der Waals surface area contributed by atoms with Crippen LogP contribution >= 0.6 is 0 Å². The quantitative estimate of drug-likeness (QED) is 0.556. The summed E-state index contributed by atoms with van der Waals surface area (Å²) in [5, 5.41) is 8.81. The van der Waals surface area contributed by atoms with Gasteiger partial charge in [0.25, 0.3) is 5.56 Å². The van der Waals surface area contributed by atoms with Crippen LogP contribution in [0.4, 0.5) is 0 Å². The summed E-state index contributed by atoms with van der Waals surface area (Å²) in [5.74, 6) is -0.293. The van der Waals surface area contributed by atoms with Gasteiger partial charge in [0.2, 0.25) is 5.91 Å². The first-order valence-electron chi connectivity index (χ1n) is 5.78. The lowest BCUT2D eigenvalue weighted by atomic mass is 10.2. The molecule has 2 rings (SSSR count). The molecule has 0 atom stereocenters. The lowest BCUT2D eigenvalue weighted by molar-refractivity contribution is -0.120. The summed E-state index contributed by atoms with van der Waals surface area (Å²) < 4.78 is 0. The van der Waals surface area contributed by atoms with Crippen molar-refractivity contribution in [3.63, 3.8) is 0 Å². The maximum atomic E-state index is 11.5. The highest BCUT2D eigenvalue weighted by Crippen LogP contribution is 1.99. The van der Waals surface area contributed by atoms with E-state index in [2.05, 4.69) is 20.7 Å². The molecule has 0 saturated carbocycles.